The minimum absolute atomic E-state index is 0.00185. The summed E-state index contributed by atoms with van der Waals surface area (Å²) < 4.78 is 12.4. The summed E-state index contributed by atoms with van der Waals surface area (Å²) in [7, 11) is 0. The number of halogens is 1. The summed E-state index contributed by atoms with van der Waals surface area (Å²) in [6.45, 7) is 0.239. The average Bonchev–Trinajstić information content (AvgIpc) is 2.71. The van der Waals surface area contributed by atoms with Gasteiger partial charge in [-0.1, -0.05) is 12.1 Å². The van der Waals surface area contributed by atoms with Crippen LogP contribution in [0.1, 0.15) is 5.56 Å². The van der Waals surface area contributed by atoms with Gasteiger partial charge in [0.1, 0.15) is 29.1 Å². The van der Waals surface area contributed by atoms with Crippen LogP contribution in [0.15, 0.2) is 63.8 Å². The fourth-order valence-corrected chi connectivity index (χ4v) is 3.61. The van der Waals surface area contributed by atoms with Crippen LogP contribution >= 0.6 is 22.6 Å². The van der Waals surface area contributed by atoms with Crippen molar-refractivity contribution in [1.82, 2.24) is 0 Å². The molecule has 0 spiro atoms. The van der Waals surface area contributed by atoms with Crippen LogP contribution in [0.2, 0.25) is 0 Å². The second-order valence-electron chi connectivity index (χ2n) is 6.55. The molecule has 0 aliphatic rings. The van der Waals surface area contributed by atoms with Gasteiger partial charge in [0.15, 0.2) is 17.3 Å². The Morgan fingerprint density at radius 1 is 0.900 bits per heavy atom. The fourth-order valence-electron chi connectivity index (χ4n) is 3.00. The van der Waals surface area contributed by atoms with Crippen LogP contribution in [0.5, 0.6) is 28.7 Å². The molecule has 4 aromatic rings. The average molecular weight is 518 g/mol. The van der Waals surface area contributed by atoms with Gasteiger partial charge in [0.05, 0.1) is 0 Å². The Morgan fingerprint density at radius 3 is 2.43 bits per heavy atom. The first-order valence-corrected chi connectivity index (χ1v) is 9.83. The Hall–Kier alpha value is -3.40. The zero-order valence-electron chi connectivity index (χ0n) is 15.3. The number of rotatable bonds is 4. The van der Waals surface area contributed by atoms with Crippen LogP contribution in [-0.2, 0) is 6.61 Å². The molecule has 4 rings (SSSR count). The number of phenols is 3. The Bertz CT molecular complexity index is 1330. The van der Waals surface area contributed by atoms with Crippen molar-refractivity contribution < 1.29 is 29.6 Å². The highest BCUT2D eigenvalue weighted by Crippen LogP contribution is 2.38. The third kappa shape index (κ3) is 3.73. The number of benzene rings is 3. The molecule has 0 aliphatic heterocycles. The van der Waals surface area contributed by atoms with E-state index in [0.717, 1.165) is 15.2 Å². The first-order chi connectivity index (χ1) is 14.3. The van der Waals surface area contributed by atoms with E-state index in [0.29, 0.717) is 0 Å². The lowest BCUT2D eigenvalue weighted by molar-refractivity contribution is 0.304. The van der Waals surface area contributed by atoms with Gasteiger partial charge in [0.2, 0.25) is 11.2 Å². The van der Waals surface area contributed by atoms with Crippen LogP contribution in [-0.4, -0.2) is 20.4 Å². The molecular weight excluding hydrogens is 503 g/mol. The van der Waals surface area contributed by atoms with Crippen LogP contribution in [0, 0.1) is 3.57 Å². The van der Waals surface area contributed by atoms with E-state index in [1.807, 2.05) is 24.3 Å². The molecule has 30 heavy (non-hydrogen) atoms. The third-order valence-electron chi connectivity index (χ3n) is 4.46. The first-order valence-electron chi connectivity index (χ1n) is 8.76. The number of phenolic OH excluding ortho intramolecular Hbond substituents is 3. The van der Waals surface area contributed by atoms with Gasteiger partial charge < -0.3 is 29.6 Å². The lowest BCUT2D eigenvalue weighted by Gasteiger charge is -2.11. The van der Waals surface area contributed by atoms with Gasteiger partial charge in [-0.2, -0.15) is 0 Å². The molecule has 0 aliphatic carbocycles. The largest absolute Gasteiger partial charge is 0.507 e. The summed E-state index contributed by atoms with van der Waals surface area (Å²) in [6.07, 6.45) is 0. The lowest BCUT2D eigenvalue weighted by Crippen LogP contribution is -2.04. The predicted molar refractivity (Wildman–Crippen MR) is 118 cm³/mol. The van der Waals surface area contributed by atoms with Gasteiger partial charge in [-0.3, -0.25) is 4.79 Å². The summed E-state index contributed by atoms with van der Waals surface area (Å²) in [5, 5.41) is 39.6. The second-order valence-corrected chi connectivity index (χ2v) is 7.79. The smallest absolute Gasteiger partial charge is 0.238 e. The van der Waals surface area contributed by atoms with Crippen molar-refractivity contribution >= 4 is 33.6 Å². The number of hydrogen-bond donors (Lipinski definition) is 4. The third-order valence-corrected chi connectivity index (χ3v) is 5.13. The minimum Gasteiger partial charge on any atom is -0.507 e. The van der Waals surface area contributed by atoms with Crippen molar-refractivity contribution in [3.05, 3.63) is 74.0 Å². The predicted octanol–water partition coefficient (Wildman–Crippen LogP) is 4.47. The number of aromatic hydroxyl groups is 4. The normalized spacial score (nSPS) is 11.0. The molecular formula is C22H15IO7. The molecule has 7 nitrogen and oxygen atoms in total. The maximum Gasteiger partial charge on any atom is 0.238 e. The topological polar surface area (TPSA) is 120 Å². The van der Waals surface area contributed by atoms with E-state index in [-0.39, 0.29) is 40.4 Å². The Balaban J connectivity index is 1.78. The molecule has 0 radical (unpaired) electrons. The summed E-state index contributed by atoms with van der Waals surface area (Å²) >= 11 is 2.19. The molecule has 0 atom stereocenters. The van der Waals surface area contributed by atoms with Gasteiger partial charge in [0, 0.05) is 21.3 Å². The molecule has 0 unspecified atom stereocenters. The Labute approximate surface area is 183 Å². The van der Waals surface area contributed by atoms with Crippen molar-refractivity contribution in [2.75, 3.05) is 0 Å². The SMILES string of the molecule is O=c1c(O)c(-c2ccc(O)c(O)c2)oc2cc(OCc3cccc(I)c3)cc(O)c12. The van der Waals surface area contributed by atoms with Gasteiger partial charge in [-0.15, -0.1) is 0 Å². The van der Waals surface area contributed by atoms with E-state index in [2.05, 4.69) is 22.6 Å². The van der Waals surface area contributed by atoms with E-state index < -0.39 is 22.7 Å². The highest BCUT2D eigenvalue weighted by molar-refractivity contribution is 14.1. The standard InChI is InChI=1S/C22H15IO7/c23-13-3-1-2-11(6-13)10-29-14-8-17(26)19-18(9-14)30-22(21(28)20(19)27)12-4-5-15(24)16(25)7-12/h1-9,24-26,28H,10H2. The molecule has 4 N–H and O–H groups in total. The Kier molecular flexibility index (Phi) is 5.17. The van der Waals surface area contributed by atoms with E-state index >= 15 is 0 Å². The monoisotopic (exact) mass is 518 g/mol. The zero-order valence-corrected chi connectivity index (χ0v) is 17.5. The second kappa shape index (κ2) is 7.79. The van der Waals surface area contributed by atoms with Crippen molar-refractivity contribution in [3.8, 4) is 40.1 Å². The van der Waals surface area contributed by atoms with Crippen molar-refractivity contribution in [3.63, 3.8) is 0 Å². The minimum atomic E-state index is -0.833. The van der Waals surface area contributed by atoms with Crippen molar-refractivity contribution in [1.29, 1.82) is 0 Å². The number of fused-ring (bicyclic) bond motifs is 1. The zero-order chi connectivity index (χ0) is 21.4. The van der Waals surface area contributed by atoms with Gasteiger partial charge >= 0.3 is 0 Å². The lowest BCUT2D eigenvalue weighted by atomic mass is 10.1. The molecule has 0 fully saturated rings. The van der Waals surface area contributed by atoms with E-state index in [1.54, 1.807) is 0 Å². The van der Waals surface area contributed by atoms with Gasteiger partial charge in [0.25, 0.3) is 0 Å². The summed E-state index contributed by atoms with van der Waals surface area (Å²) in [6, 6.07) is 14.1. The fraction of sp³-hybridized carbons (Fsp3) is 0.0455. The van der Waals surface area contributed by atoms with Gasteiger partial charge in [-0.05, 0) is 58.5 Å². The van der Waals surface area contributed by atoms with Crippen LogP contribution in [0.25, 0.3) is 22.3 Å². The molecule has 152 valence electrons. The van der Waals surface area contributed by atoms with Crippen molar-refractivity contribution in [2.24, 2.45) is 0 Å². The number of hydrogen-bond acceptors (Lipinski definition) is 7. The quantitative estimate of drug-likeness (QED) is 0.233. The van der Waals surface area contributed by atoms with E-state index in [1.165, 1.54) is 24.3 Å². The van der Waals surface area contributed by atoms with Crippen LogP contribution < -0.4 is 10.2 Å². The van der Waals surface area contributed by atoms with Crippen molar-refractivity contribution in [2.45, 2.75) is 6.61 Å². The highest BCUT2D eigenvalue weighted by atomic mass is 127. The van der Waals surface area contributed by atoms with E-state index in [4.69, 9.17) is 9.15 Å². The highest BCUT2D eigenvalue weighted by Gasteiger charge is 2.20. The molecule has 0 saturated carbocycles. The molecule has 0 bridgehead atoms. The molecule has 3 aromatic carbocycles. The molecule has 0 amide bonds. The van der Waals surface area contributed by atoms with E-state index in [9.17, 15) is 25.2 Å². The maximum absolute atomic E-state index is 12.6. The molecule has 1 heterocycles. The first kappa shape index (κ1) is 19.9. The van der Waals surface area contributed by atoms with Gasteiger partial charge in [-0.25, -0.2) is 0 Å². The summed E-state index contributed by atoms with van der Waals surface area (Å²) in [5.74, 6) is -1.86. The number of ether oxygens (including phenoxy) is 1. The molecule has 1 aromatic heterocycles. The summed E-state index contributed by atoms with van der Waals surface area (Å²) in [4.78, 5) is 12.6. The molecule has 0 saturated heterocycles. The molecule has 8 heteroatoms. The Morgan fingerprint density at radius 2 is 1.70 bits per heavy atom. The van der Waals surface area contributed by atoms with Crippen LogP contribution in [0.3, 0.4) is 0 Å². The summed E-state index contributed by atoms with van der Waals surface area (Å²) in [5.41, 5.74) is 0.263. The maximum atomic E-state index is 12.6. The van der Waals surface area contributed by atoms with Crippen LogP contribution in [0.4, 0.5) is 0 Å².